The fourth-order valence-electron chi connectivity index (χ4n) is 1.85. The second-order valence-corrected chi connectivity index (χ2v) is 8.66. The van der Waals surface area contributed by atoms with E-state index < -0.39 is 17.7 Å². The van der Waals surface area contributed by atoms with Gasteiger partial charge in [0.1, 0.15) is 30.2 Å². The fourth-order valence-corrected chi connectivity index (χ4v) is 4.41. The van der Waals surface area contributed by atoms with Crippen LogP contribution in [0.25, 0.3) is 0 Å². The Hall–Kier alpha value is -0.372. The first-order valence-electron chi connectivity index (χ1n) is 7.43. The Morgan fingerprint density at radius 3 is 0.806 bits per heavy atom. The second kappa shape index (κ2) is 16.3. The molecule has 31 heavy (non-hydrogen) atoms. The summed E-state index contributed by atoms with van der Waals surface area (Å²) in [6.45, 7) is 0. The average Bonchev–Trinajstić information content (AvgIpc) is 2.61. The van der Waals surface area contributed by atoms with Crippen molar-refractivity contribution in [3.63, 3.8) is 0 Å². The summed E-state index contributed by atoms with van der Waals surface area (Å²) in [5.41, 5.74) is 0. The number of pyridine rings is 3. The zero-order valence-electron chi connectivity index (χ0n) is 15.4. The van der Waals surface area contributed by atoms with Crippen LogP contribution in [-0.2, 0) is 21.1 Å². The van der Waals surface area contributed by atoms with Crippen molar-refractivity contribution in [1.29, 1.82) is 0 Å². The minimum absolute atomic E-state index is 0. The van der Waals surface area contributed by atoms with E-state index in [0.717, 1.165) is 30.2 Å². The van der Waals surface area contributed by atoms with Crippen LogP contribution in [-0.4, -0.2) is 15.0 Å². The Balaban J connectivity index is 0.000000787. The van der Waals surface area contributed by atoms with E-state index in [1.807, 2.05) is 54.6 Å². The molecule has 1 aliphatic rings. The molecule has 0 amide bonds. The summed E-state index contributed by atoms with van der Waals surface area (Å²) < 4.78 is 58.6. The van der Waals surface area contributed by atoms with Crippen LogP contribution in [0, 0.1) is 7.43 Å². The van der Waals surface area contributed by atoms with E-state index in [-0.39, 0.29) is 28.5 Å². The number of hydrogen-bond acceptors (Lipinski definition) is 6. The van der Waals surface area contributed by atoms with E-state index in [0.29, 0.717) is 0 Å². The van der Waals surface area contributed by atoms with Crippen molar-refractivity contribution < 1.29 is 46.2 Å². The predicted molar refractivity (Wildman–Crippen MR) is 115 cm³/mol. The van der Waals surface area contributed by atoms with Gasteiger partial charge in [-0.1, -0.05) is 53.5 Å². The minimum Gasteiger partial charge on any atom is -0.358 e. The van der Waals surface area contributed by atoms with Gasteiger partial charge in [-0.2, -0.15) is 0 Å². The molecule has 0 N–H and O–H groups in total. The molecule has 0 aromatic carbocycles. The van der Waals surface area contributed by atoms with Crippen molar-refractivity contribution in [1.82, 2.24) is 15.0 Å². The molecule has 0 unspecified atom stereocenters. The molecule has 0 radical (unpaired) electrons. The molecular weight excluding hydrogens is 602 g/mol. The van der Waals surface area contributed by atoms with Gasteiger partial charge in [0.05, 0.1) is 0 Å². The number of halogens is 6. The van der Waals surface area contributed by atoms with Gasteiger partial charge in [-0.25, -0.2) is 15.0 Å². The van der Waals surface area contributed by atoms with E-state index in [9.17, 15) is 25.2 Å². The third-order valence-corrected chi connectivity index (χ3v) is 5.34. The maximum absolute atomic E-state index is 9.77. The monoisotopic (exact) mass is 618 g/mol. The molecule has 3 nitrogen and oxygen atoms in total. The third kappa shape index (κ3) is 13.1. The molecule has 15 heteroatoms. The van der Waals surface area contributed by atoms with Crippen LogP contribution in [0.5, 0.6) is 0 Å². The molecule has 1 aliphatic heterocycles. The molecule has 0 saturated carbocycles. The molecule has 0 spiro atoms. The van der Waals surface area contributed by atoms with Gasteiger partial charge in [0.15, 0.2) is 0 Å². The molecule has 6 bridgehead atoms. The smallest absolute Gasteiger partial charge is 0.358 e. The first kappa shape index (κ1) is 30.6. The van der Waals surface area contributed by atoms with Gasteiger partial charge in [0.2, 0.25) is 0 Å². The van der Waals surface area contributed by atoms with Gasteiger partial charge >= 0.3 is 17.7 Å². The van der Waals surface area contributed by atoms with Gasteiger partial charge < -0.3 is 7.43 Å². The summed E-state index contributed by atoms with van der Waals surface area (Å²) >= 11 is 4.75. The molecule has 4 heterocycles. The summed E-state index contributed by atoms with van der Waals surface area (Å²) in [4.78, 5) is 14.0. The number of nitrogens with zero attached hydrogens (tertiary/aromatic N) is 3. The van der Waals surface area contributed by atoms with Gasteiger partial charge in [-0.15, -0.1) is 0 Å². The first-order valence-corrected chi connectivity index (χ1v) is 12.1. The number of hydrogen-bond donors (Lipinski definition) is 0. The third-order valence-electron chi connectivity index (χ3n) is 2.72. The van der Waals surface area contributed by atoms with Crippen molar-refractivity contribution in [2.24, 2.45) is 0 Å². The summed E-state index contributed by atoms with van der Waals surface area (Å²) in [6, 6.07) is 18.1. The van der Waals surface area contributed by atoms with E-state index in [4.69, 9.17) is 0 Å². The van der Waals surface area contributed by atoms with Crippen LogP contribution < -0.4 is 0 Å². The van der Waals surface area contributed by atoms with Gasteiger partial charge in [-0.05, 0) is 36.4 Å². The molecule has 0 fully saturated rings. The molecule has 3 aromatic heterocycles. The summed E-state index contributed by atoms with van der Waals surface area (Å²) in [5, 5.41) is 5.70. The van der Waals surface area contributed by atoms with Crippen molar-refractivity contribution in [3.8, 4) is 0 Å². The maximum atomic E-state index is 9.77. The fraction of sp³-hybridized carbons (Fsp3) is 0. The molecule has 168 valence electrons. The van der Waals surface area contributed by atoms with Crippen LogP contribution >= 0.6 is 53.0 Å². The van der Waals surface area contributed by atoms with E-state index >= 15 is 0 Å². The summed E-state index contributed by atoms with van der Waals surface area (Å²) in [6.07, 6.45) is 0. The van der Waals surface area contributed by atoms with E-state index in [2.05, 4.69) is 15.0 Å². The maximum Gasteiger partial charge on any atom is 0.558 e. The molecule has 0 atom stereocenters. The van der Waals surface area contributed by atoms with Gasteiger partial charge in [0, 0.05) is 46.2 Å². The SMILES string of the molecule is F[PH+](F)F.F[PH+](F)F.[CH3-].[Mo].c1cc2nc(c1)Sc1cccc(n1)Sc1cccc(n1)S2. The zero-order chi connectivity index (χ0) is 21.2. The quantitative estimate of drug-likeness (QED) is 0.0852. The van der Waals surface area contributed by atoms with Crippen molar-refractivity contribution >= 4 is 53.0 Å². The summed E-state index contributed by atoms with van der Waals surface area (Å²) in [5.74, 6) is 0. The standard InChI is InChI=1S/C15H9N3S3.CH3.2F3HP.Mo/c1-4-10-16-11(5-1)20-13-7-3-9-15(18-13)21-14-8-2-6-12(17-14)19-10;;2*1-4(2)3;/h1-9H;1H3;2*4H;/q;-1;2*+1;. The minimum atomic E-state index is -4.38. The van der Waals surface area contributed by atoms with Crippen molar-refractivity contribution in [2.45, 2.75) is 30.2 Å². The predicted octanol–water partition coefficient (Wildman–Crippen LogP) is 8.79. The van der Waals surface area contributed by atoms with E-state index in [1.165, 1.54) is 0 Å². The number of aromatic nitrogens is 3. The number of fused-ring (bicyclic) bond motifs is 6. The Kier molecular flexibility index (Phi) is 16.1. The molecule has 0 aliphatic carbocycles. The van der Waals surface area contributed by atoms with Crippen LogP contribution in [0.1, 0.15) is 0 Å². The van der Waals surface area contributed by atoms with E-state index in [1.54, 1.807) is 35.3 Å². The molecule has 4 rings (SSSR count). The van der Waals surface area contributed by atoms with Crippen LogP contribution in [0.2, 0.25) is 0 Å². The average molecular weight is 616 g/mol. The largest absolute Gasteiger partial charge is 0.558 e. The molecular formula is C16H14F6MoN3P2S3+. The van der Waals surface area contributed by atoms with Gasteiger partial charge in [0.25, 0.3) is 0 Å². The normalized spacial score (nSPS) is 11.2. The topological polar surface area (TPSA) is 38.7 Å². The second-order valence-electron chi connectivity index (χ2n) is 4.68. The van der Waals surface area contributed by atoms with Crippen LogP contribution in [0.3, 0.4) is 0 Å². The Morgan fingerprint density at radius 2 is 0.645 bits per heavy atom. The number of rotatable bonds is 0. The van der Waals surface area contributed by atoms with Crippen LogP contribution in [0.15, 0.2) is 84.8 Å². The van der Waals surface area contributed by atoms with Crippen molar-refractivity contribution in [2.75, 3.05) is 0 Å². The first-order chi connectivity index (χ1) is 13.8. The Labute approximate surface area is 205 Å². The summed E-state index contributed by atoms with van der Waals surface area (Å²) in [7, 11) is -8.76. The Bertz CT molecular complexity index is 762. The zero-order valence-corrected chi connectivity index (χ0v) is 21.9. The van der Waals surface area contributed by atoms with Crippen LogP contribution in [0.4, 0.5) is 25.2 Å². The molecule has 3 aromatic rings. The Morgan fingerprint density at radius 1 is 0.484 bits per heavy atom. The molecule has 0 saturated heterocycles. The van der Waals surface area contributed by atoms with Gasteiger partial charge in [-0.3, -0.25) is 0 Å². The van der Waals surface area contributed by atoms with Crippen molar-refractivity contribution in [3.05, 3.63) is 62.0 Å².